The van der Waals surface area contributed by atoms with Gasteiger partial charge in [-0.25, -0.2) is 4.79 Å². The van der Waals surface area contributed by atoms with Crippen molar-refractivity contribution in [3.8, 4) is 0 Å². The Labute approximate surface area is 119 Å². The van der Waals surface area contributed by atoms with Crippen molar-refractivity contribution in [1.82, 2.24) is 5.32 Å². The van der Waals surface area contributed by atoms with Gasteiger partial charge in [-0.15, -0.1) is 0 Å². The molecule has 1 amide bonds. The SMILES string of the molecule is O=C(O)C(F)(F)F.[N-]=[N+]=NCCCCC(=O)NCCCN. The summed E-state index contributed by atoms with van der Waals surface area (Å²) >= 11 is 0. The average molecular weight is 313 g/mol. The maximum atomic E-state index is 11.1. The Hall–Kier alpha value is -2.00. The molecule has 0 aliphatic heterocycles. The number of halogens is 3. The number of nitrogens with zero attached hydrogens (tertiary/aromatic N) is 3. The number of carbonyl (C=O) groups is 2. The lowest BCUT2D eigenvalue weighted by molar-refractivity contribution is -0.192. The third-order valence-electron chi connectivity index (χ3n) is 1.92. The molecule has 0 saturated heterocycles. The molecule has 8 nitrogen and oxygen atoms in total. The van der Waals surface area contributed by atoms with E-state index in [1.54, 1.807) is 0 Å². The first-order chi connectivity index (χ1) is 9.75. The van der Waals surface area contributed by atoms with Crippen molar-refractivity contribution < 1.29 is 27.9 Å². The topological polar surface area (TPSA) is 141 Å². The third-order valence-corrected chi connectivity index (χ3v) is 1.92. The van der Waals surface area contributed by atoms with Gasteiger partial charge in [0.05, 0.1) is 0 Å². The second kappa shape index (κ2) is 13.0. The highest BCUT2D eigenvalue weighted by Crippen LogP contribution is 2.13. The summed E-state index contributed by atoms with van der Waals surface area (Å²) in [6, 6.07) is 0. The summed E-state index contributed by atoms with van der Waals surface area (Å²) in [5, 5.41) is 13.3. The predicted molar refractivity (Wildman–Crippen MR) is 68.2 cm³/mol. The molecular formula is C10H18F3N5O3. The van der Waals surface area contributed by atoms with Gasteiger partial charge in [-0.2, -0.15) is 13.2 Å². The van der Waals surface area contributed by atoms with Gasteiger partial charge >= 0.3 is 12.1 Å². The molecule has 0 rings (SSSR count). The molecular weight excluding hydrogens is 295 g/mol. The first-order valence-corrected chi connectivity index (χ1v) is 6.03. The number of carboxylic acid groups (broad SMARTS) is 1. The monoisotopic (exact) mass is 313 g/mol. The van der Waals surface area contributed by atoms with Crippen molar-refractivity contribution in [3.63, 3.8) is 0 Å². The number of hydrogen-bond acceptors (Lipinski definition) is 4. The summed E-state index contributed by atoms with van der Waals surface area (Å²) in [7, 11) is 0. The molecule has 0 bridgehead atoms. The van der Waals surface area contributed by atoms with Gasteiger partial charge in [0, 0.05) is 24.4 Å². The smallest absolute Gasteiger partial charge is 0.475 e. The largest absolute Gasteiger partial charge is 0.490 e. The number of alkyl halides is 3. The number of aliphatic carboxylic acids is 1. The molecule has 21 heavy (non-hydrogen) atoms. The van der Waals surface area contributed by atoms with Crippen LogP contribution in [0.2, 0.25) is 0 Å². The summed E-state index contributed by atoms with van der Waals surface area (Å²) in [5.74, 6) is -2.72. The van der Waals surface area contributed by atoms with Crippen molar-refractivity contribution in [3.05, 3.63) is 10.4 Å². The zero-order chi connectivity index (χ0) is 16.7. The summed E-state index contributed by atoms with van der Waals surface area (Å²) in [4.78, 5) is 22.6. The van der Waals surface area contributed by atoms with Crippen molar-refractivity contribution >= 4 is 11.9 Å². The van der Waals surface area contributed by atoms with Gasteiger partial charge in [0.2, 0.25) is 5.91 Å². The molecule has 0 aromatic rings. The van der Waals surface area contributed by atoms with E-state index >= 15 is 0 Å². The normalized spacial score (nSPS) is 9.90. The van der Waals surface area contributed by atoms with Crippen molar-refractivity contribution in [1.29, 1.82) is 0 Å². The lowest BCUT2D eigenvalue weighted by atomic mass is 10.2. The molecule has 0 aromatic heterocycles. The van der Waals surface area contributed by atoms with E-state index in [1.807, 2.05) is 0 Å². The minimum absolute atomic E-state index is 0.0411. The number of carboxylic acids is 1. The molecule has 0 unspecified atom stereocenters. The molecule has 0 heterocycles. The predicted octanol–water partition coefficient (Wildman–Crippen LogP) is 1.57. The van der Waals surface area contributed by atoms with E-state index in [1.165, 1.54) is 0 Å². The fourth-order valence-electron chi connectivity index (χ4n) is 0.931. The van der Waals surface area contributed by atoms with E-state index in [2.05, 4.69) is 15.3 Å². The van der Waals surface area contributed by atoms with Crippen LogP contribution in [0.3, 0.4) is 0 Å². The van der Waals surface area contributed by atoms with Crippen LogP contribution >= 0.6 is 0 Å². The van der Waals surface area contributed by atoms with Crippen LogP contribution in [0.15, 0.2) is 5.11 Å². The third kappa shape index (κ3) is 18.0. The molecule has 11 heteroatoms. The molecule has 0 aliphatic rings. The molecule has 0 aliphatic carbocycles. The average Bonchev–Trinajstić information content (AvgIpc) is 2.38. The number of rotatable bonds is 8. The van der Waals surface area contributed by atoms with Crippen LogP contribution < -0.4 is 11.1 Å². The van der Waals surface area contributed by atoms with Gasteiger partial charge in [-0.3, -0.25) is 4.79 Å². The van der Waals surface area contributed by atoms with Crippen LogP contribution in [0.5, 0.6) is 0 Å². The maximum Gasteiger partial charge on any atom is 0.490 e. The highest BCUT2D eigenvalue weighted by atomic mass is 19.4. The highest BCUT2D eigenvalue weighted by Gasteiger charge is 2.38. The van der Waals surface area contributed by atoms with Crippen LogP contribution in [-0.2, 0) is 9.59 Å². The number of amides is 1. The minimum Gasteiger partial charge on any atom is -0.475 e. The second-order valence-electron chi connectivity index (χ2n) is 3.71. The zero-order valence-corrected chi connectivity index (χ0v) is 11.3. The standard InChI is InChI=1S/C8H17N5O.C2HF3O2/c9-5-3-6-11-8(14)4-1-2-7-12-13-10;3-2(4,5)1(6)7/h1-7,9H2,(H,11,14);(H,6,7). The fourth-order valence-corrected chi connectivity index (χ4v) is 0.931. The Morgan fingerprint density at radius 3 is 2.29 bits per heavy atom. The van der Waals surface area contributed by atoms with Crippen LogP contribution in [0.1, 0.15) is 25.7 Å². The number of nitrogens with two attached hydrogens (primary N) is 1. The molecule has 4 N–H and O–H groups in total. The highest BCUT2D eigenvalue weighted by molar-refractivity contribution is 5.75. The number of unbranched alkanes of at least 4 members (excludes halogenated alkanes) is 1. The molecule has 0 radical (unpaired) electrons. The maximum absolute atomic E-state index is 11.1. The van der Waals surface area contributed by atoms with E-state index in [9.17, 15) is 18.0 Å². The van der Waals surface area contributed by atoms with Gasteiger partial charge in [-0.05, 0) is 31.3 Å². The van der Waals surface area contributed by atoms with E-state index in [0.717, 1.165) is 19.3 Å². The summed E-state index contributed by atoms with van der Waals surface area (Å²) < 4.78 is 31.7. The van der Waals surface area contributed by atoms with Crippen LogP contribution in [-0.4, -0.2) is 42.8 Å². The Morgan fingerprint density at radius 2 is 1.86 bits per heavy atom. The van der Waals surface area contributed by atoms with Gasteiger partial charge in [-0.1, -0.05) is 5.11 Å². The van der Waals surface area contributed by atoms with Crippen LogP contribution in [0, 0.1) is 0 Å². The number of hydrogen-bond donors (Lipinski definition) is 3. The Balaban J connectivity index is 0. The first-order valence-electron chi connectivity index (χ1n) is 6.03. The van der Waals surface area contributed by atoms with Crippen molar-refractivity contribution in [2.75, 3.05) is 19.6 Å². The summed E-state index contributed by atoms with van der Waals surface area (Å²) in [6.07, 6.45) is -2.27. The van der Waals surface area contributed by atoms with E-state index in [4.69, 9.17) is 21.2 Å². The minimum atomic E-state index is -5.08. The molecule has 0 spiro atoms. The van der Waals surface area contributed by atoms with Gasteiger partial charge in [0.15, 0.2) is 0 Å². The quantitative estimate of drug-likeness (QED) is 0.270. The van der Waals surface area contributed by atoms with Gasteiger partial charge in [0.25, 0.3) is 0 Å². The Morgan fingerprint density at radius 1 is 1.29 bits per heavy atom. The van der Waals surface area contributed by atoms with E-state index in [-0.39, 0.29) is 5.91 Å². The molecule has 0 fully saturated rings. The number of carbonyl (C=O) groups excluding carboxylic acids is 1. The summed E-state index contributed by atoms with van der Waals surface area (Å²) in [6.45, 7) is 1.70. The lowest BCUT2D eigenvalue weighted by Gasteiger charge is -2.02. The Bertz CT molecular complexity index is 356. The number of nitrogens with one attached hydrogen (secondary N) is 1. The fraction of sp³-hybridized carbons (Fsp3) is 0.800. The lowest BCUT2D eigenvalue weighted by Crippen LogP contribution is -2.25. The molecule has 0 atom stereocenters. The summed E-state index contributed by atoms with van der Waals surface area (Å²) in [5.41, 5.74) is 13.3. The molecule has 122 valence electrons. The Kier molecular flexibility index (Phi) is 13.2. The van der Waals surface area contributed by atoms with Crippen molar-refractivity contribution in [2.24, 2.45) is 10.8 Å². The van der Waals surface area contributed by atoms with E-state index < -0.39 is 12.1 Å². The van der Waals surface area contributed by atoms with Gasteiger partial charge in [0.1, 0.15) is 0 Å². The van der Waals surface area contributed by atoms with Crippen LogP contribution in [0.4, 0.5) is 13.2 Å². The van der Waals surface area contributed by atoms with Crippen LogP contribution in [0.25, 0.3) is 10.4 Å². The van der Waals surface area contributed by atoms with E-state index in [0.29, 0.717) is 26.1 Å². The van der Waals surface area contributed by atoms with Crippen molar-refractivity contribution in [2.45, 2.75) is 31.9 Å². The number of azide groups is 1. The van der Waals surface area contributed by atoms with Gasteiger partial charge < -0.3 is 16.2 Å². The first kappa shape index (κ1) is 21.3. The molecule has 0 saturated carbocycles. The molecule has 0 aromatic carbocycles. The second-order valence-corrected chi connectivity index (χ2v) is 3.71. The zero-order valence-electron chi connectivity index (χ0n) is 11.3.